The molecule has 2 N–H and O–H groups in total. The number of hydrogen-bond acceptors (Lipinski definition) is 7. The van der Waals surface area contributed by atoms with Crippen LogP contribution in [0.25, 0.3) is 28.0 Å². The van der Waals surface area contributed by atoms with E-state index in [-0.39, 0.29) is 11.7 Å². The Morgan fingerprint density at radius 3 is 2.51 bits per heavy atom. The van der Waals surface area contributed by atoms with Crippen LogP contribution < -0.4 is 5.73 Å². The van der Waals surface area contributed by atoms with Gasteiger partial charge in [-0.05, 0) is 50.9 Å². The SMILES string of the molecule is CC/C=C(\C=NC)CN1CCC(c2nc3c(-c4ccc(-c5ccccc5)nc4)cnn3c(N)c2C(C)=O)CC1. The van der Waals surface area contributed by atoms with Gasteiger partial charge in [-0.25, -0.2) is 4.98 Å². The Hall–Kier alpha value is -4.17. The molecule has 8 heteroatoms. The molecule has 0 atom stereocenters. The van der Waals surface area contributed by atoms with Crippen molar-refractivity contribution in [2.24, 2.45) is 4.99 Å². The zero-order chi connectivity index (χ0) is 27.4. The number of aliphatic imine (C=N–C) groups is 1. The van der Waals surface area contributed by atoms with E-state index < -0.39 is 0 Å². The Labute approximate surface area is 229 Å². The fourth-order valence-electron chi connectivity index (χ4n) is 5.43. The molecule has 200 valence electrons. The summed E-state index contributed by atoms with van der Waals surface area (Å²) in [4.78, 5) is 29.2. The molecular formula is C31H35N7O. The van der Waals surface area contributed by atoms with Gasteiger partial charge >= 0.3 is 0 Å². The fraction of sp³-hybridized carbons (Fsp3) is 0.323. The number of likely N-dealkylation sites (tertiary alicyclic amines) is 1. The summed E-state index contributed by atoms with van der Waals surface area (Å²) in [5.41, 5.74) is 13.4. The number of pyridine rings is 1. The summed E-state index contributed by atoms with van der Waals surface area (Å²) in [5.74, 6) is 0.405. The Bertz CT molecular complexity index is 1510. The summed E-state index contributed by atoms with van der Waals surface area (Å²) in [6.07, 6.45) is 10.6. The number of nitrogen functional groups attached to an aromatic ring is 1. The van der Waals surface area contributed by atoms with Crippen LogP contribution in [0, 0.1) is 0 Å². The molecule has 0 bridgehead atoms. The number of carbonyl (C=O) groups excluding carboxylic acids is 1. The van der Waals surface area contributed by atoms with Crippen LogP contribution in [0.15, 0.2) is 71.5 Å². The van der Waals surface area contributed by atoms with Crippen LogP contribution in [0.1, 0.15) is 55.1 Å². The highest BCUT2D eigenvalue weighted by Gasteiger charge is 2.29. The van der Waals surface area contributed by atoms with Gasteiger partial charge in [0.15, 0.2) is 11.4 Å². The Balaban J connectivity index is 1.45. The molecule has 3 aromatic heterocycles. The highest BCUT2D eigenvalue weighted by atomic mass is 16.1. The van der Waals surface area contributed by atoms with E-state index in [1.807, 2.05) is 61.9 Å². The summed E-state index contributed by atoms with van der Waals surface area (Å²) in [7, 11) is 1.81. The third-order valence-corrected chi connectivity index (χ3v) is 7.35. The third-order valence-electron chi connectivity index (χ3n) is 7.35. The van der Waals surface area contributed by atoms with Crippen molar-refractivity contribution in [3.05, 3.63) is 77.8 Å². The van der Waals surface area contributed by atoms with Crippen molar-refractivity contribution in [1.29, 1.82) is 0 Å². The van der Waals surface area contributed by atoms with Gasteiger partial charge in [0.1, 0.15) is 5.82 Å². The molecule has 4 heterocycles. The first kappa shape index (κ1) is 26.4. The zero-order valence-electron chi connectivity index (χ0n) is 22.8. The molecule has 5 rings (SSSR count). The standard InChI is InChI=1S/C31H35N7O/c1-4-8-22(17-33-3)20-37-15-13-24(14-16-37)29-28(21(2)39)30(32)38-31(36-29)26(19-35-38)25-11-12-27(34-18-25)23-9-6-5-7-10-23/h5-12,17-19,24H,4,13-16,20,32H2,1-3H3/b22-8+,33-17?. The molecule has 1 saturated heterocycles. The smallest absolute Gasteiger partial charge is 0.165 e. The number of Topliss-reactive ketones (excluding diaryl/α,β-unsaturated/α-hetero) is 1. The zero-order valence-corrected chi connectivity index (χ0v) is 22.8. The van der Waals surface area contributed by atoms with Gasteiger partial charge in [0.05, 0.1) is 23.1 Å². The van der Waals surface area contributed by atoms with Crippen molar-refractivity contribution in [3.8, 4) is 22.4 Å². The number of fused-ring (bicyclic) bond motifs is 1. The van der Waals surface area contributed by atoms with Crippen molar-refractivity contribution in [2.45, 2.75) is 39.0 Å². The lowest BCUT2D eigenvalue weighted by Gasteiger charge is -2.32. The predicted molar refractivity (Wildman–Crippen MR) is 157 cm³/mol. The number of carbonyl (C=O) groups is 1. The van der Waals surface area contributed by atoms with Crippen LogP contribution in [0.3, 0.4) is 0 Å². The number of anilines is 1. The maximum atomic E-state index is 12.8. The quantitative estimate of drug-likeness (QED) is 0.244. The second kappa shape index (κ2) is 11.7. The molecule has 0 aliphatic carbocycles. The van der Waals surface area contributed by atoms with Crippen LogP contribution in [0.2, 0.25) is 0 Å². The molecule has 8 nitrogen and oxygen atoms in total. The fourth-order valence-corrected chi connectivity index (χ4v) is 5.43. The van der Waals surface area contributed by atoms with Crippen LogP contribution in [-0.4, -0.2) is 63.2 Å². The molecule has 0 saturated carbocycles. The van der Waals surface area contributed by atoms with Crippen LogP contribution in [0.4, 0.5) is 5.82 Å². The average Bonchev–Trinajstić information content (AvgIpc) is 3.38. The Morgan fingerprint density at radius 2 is 1.87 bits per heavy atom. The molecular weight excluding hydrogens is 486 g/mol. The van der Waals surface area contributed by atoms with E-state index >= 15 is 0 Å². The predicted octanol–water partition coefficient (Wildman–Crippen LogP) is 5.46. The number of allylic oxidation sites excluding steroid dienone is 1. The van der Waals surface area contributed by atoms with Gasteiger partial charge < -0.3 is 5.73 Å². The molecule has 0 amide bonds. The van der Waals surface area contributed by atoms with Crippen molar-refractivity contribution in [1.82, 2.24) is 24.5 Å². The minimum atomic E-state index is -0.0856. The van der Waals surface area contributed by atoms with Crippen LogP contribution in [0.5, 0.6) is 0 Å². The lowest BCUT2D eigenvalue weighted by molar-refractivity contribution is 0.101. The van der Waals surface area contributed by atoms with Gasteiger partial charge in [-0.2, -0.15) is 9.61 Å². The van der Waals surface area contributed by atoms with Gasteiger partial charge in [0, 0.05) is 48.6 Å². The summed E-state index contributed by atoms with van der Waals surface area (Å²) < 4.78 is 1.59. The first-order chi connectivity index (χ1) is 19.0. The normalized spacial score (nSPS) is 15.4. The lowest BCUT2D eigenvalue weighted by atomic mass is 9.89. The van der Waals surface area contributed by atoms with Gasteiger partial charge in [0.2, 0.25) is 0 Å². The van der Waals surface area contributed by atoms with Crippen LogP contribution >= 0.6 is 0 Å². The summed E-state index contributed by atoms with van der Waals surface area (Å²) in [6.45, 7) is 6.42. The average molecular weight is 522 g/mol. The van der Waals surface area contributed by atoms with Gasteiger partial charge in [-0.3, -0.25) is 19.7 Å². The van der Waals surface area contributed by atoms with Crippen LogP contribution in [-0.2, 0) is 0 Å². The largest absolute Gasteiger partial charge is 0.383 e. The van der Waals surface area contributed by atoms with E-state index in [1.54, 1.807) is 17.6 Å². The Morgan fingerprint density at radius 1 is 1.10 bits per heavy atom. The number of ketones is 1. The minimum Gasteiger partial charge on any atom is -0.383 e. The molecule has 0 unspecified atom stereocenters. The minimum absolute atomic E-state index is 0.0856. The third kappa shape index (κ3) is 5.52. The summed E-state index contributed by atoms with van der Waals surface area (Å²) in [6, 6.07) is 14.1. The van der Waals surface area contributed by atoms with Crippen molar-refractivity contribution in [2.75, 3.05) is 32.4 Å². The molecule has 0 radical (unpaired) electrons. The molecule has 1 aliphatic heterocycles. The lowest BCUT2D eigenvalue weighted by Crippen LogP contribution is -2.35. The number of hydrogen-bond donors (Lipinski definition) is 1. The summed E-state index contributed by atoms with van der Waals surface area (Å²) >= 11 is 0. The van der Waals surface area contributed by atoms with E-state index in [9.17, 15) is 4.79 Å². The van der Waals surface area contributed by atoms with E-state index in [0.717, 1.165) is 67.0 Å². The van der Waals surface area contributed by atoms with E-state index in [0.29, 0.717) is 17.0 Å². The van der Waals surface area contributed by atoms with Crippen molar-refractivity contribution >= 4 is 23.5 Å². The molecule has 1 fully saturated rings. The van der Waals surface area contributed by atoms with Gasteiger partial charge in [-0.1, -0.05) is 49.4 Å². The number of piperidine rings is 1. The van der Waals surface area contributed by atoms with E-state index in [2.05, 4.69) is 33.0 Å². The molecule has 1 aromatic carbocycles. The molecule has 0 spiro atoms. The Kier molecular flexibility index (Phi) is 7.93. The number of benzene rings is 1. The first-order valence-corrected chi connectivity index (χ1v) is 13.5. The van der Waals surface area contributed by atoms with Crippen molar-refractivity contribution in [3.63, 3.8) is 0 Å². The second-order valence-corrected chi connectivity index (χ2v) is 10.0. The highest BCUT2D eigenvalue weighted by Crippen LogP contribution is 2.35. The monoisotopic (exact) mass is 521 g/mol. The molecule has 1 aliphatic rings. The second-order valence-electron chi connectivity index (χ2n) is 10.0. The number of nitrogens with two attached hydrogens (primary N) is 1. The van der Waals surface area contributed by atoms with E-state index in [4.69, 9.17) is 10.7 Å². The van der Waals surface area contributed by atoms with E-state index in [1.165, 1.54) is 5.57 Å². The molecule has 4 aromatic rings. The number of rotatable bonds is 8. The van der Waals surface area contributed by atoms with Crippen molar-refractivity contribution < 1.29 is 4.79 Å². The maximum absolute atomic E-state index is 12.8. The number of aromatic nitrogens is 4. The summed E-state index contributed by atoms with van der Waals surface area (Å²) in [5, 5.41) is 4.51. The molecule has 39 heavy (non-hydrogen) atoms. The first-order valence-electron chi connectivity index (χ1n) is 13.5. The van der Waals surface area contributed by atoms with Gasteiger partial charge in [0.25, 0.3) is 0 Å². The maximum Gasteiger partial charge on any atom is 0.165 e. The highest BCUT2D eigenvalue weighted by molar-refractivity contribution is 6.00. The van der Waals surface area contributed by atoms with Gasteiger partial charge in [-0.15, -0.1) is 0 Å². The number of nitrogens with zero attached hydrogens (tertiary/aromatic N) is 6. The topological polar surface area (TPSA) is 102 Å².